The van der Waals surface area contributed by atoms with E-state index in [4.69, 9.17) is 4.74 Å². The van der Waals surface area contributed by atoms with Crippen molar-refractivity contribution in [3.05, 3.63) is 77.0 Å². The van der Waals surface area contributed by atoms with Crippen molar-refractivity contribution in [3.8, 4) is 28.6 Å². The van der Waals surface area contributed by atoms with Crippen molar-refractivity contribution in [2.75, 3.05) is 12.9 Å². The van der Waals surface area contributed by atoms with Crippen LogP contribution in [0.5, 0.6) is 11.5 Å². The molecule has 11 heteroatoms. The Balaban J connectivity index is 1.49. The zero-order valence-corrected chi connectivity index (χ0v) is 20.3. The number of carbonyl (C=O) groups is 1. The van der Waals surface area contributed by atoms with Crippen LogP contribution < -0.4 is 10.2 Å². The van der Waals surface area contributed by atoms with Gasteiger partial charge in [0.1, 0.15) is 0 Å². The largest absolute Gasteiger partial charge is 0.504 e. The Morgan fingerprint density at radius 3 is 2.68 bits per heavy atom. The van der Waals surface area contributed by atoms with Gasteiger partial charge < -0.3 is 9.84 Å². The van der Waals surface area contributed by atoms with Crippen LogP contribution in [0.2, 0.25) is 0 Å². The van der Waals surface area contributed by atoms with Crippen LogP contribution in [-0.4, -0.2) is 49.8 Å². The average molecular weight is 539 g/mol. The number of amides is 1. The summed E-state index contributed by atoms with van der Waals surface area (Å²) < 4.78 is 7.90. The van der Waals surface area contributed by atoms with Crippen LogP contribution in [0.25, 0.3) is 17.1 Å². The molecule has 2 aromatic carbocycles. The first kappa shape index (κ1) is 23.5. The second-order valence-corrected chi connectivity index (χ2v) is 8.69. The van der Waals surface area contributed by atoms with Crippen molar-refractivity contribution in [1.29, 1.82) is 0 Å². The van der Waals surface area contributed by atoms with E-state index < -0.39 is 0 Å². The number of rotatable bonds is 8. The summed E-state index contributed by atoms with van der Waals surface area (Å²) in [6, 6.07) is 16.4. The van der Waals surface area contributed by atoms with Gasteiger partial charge in [0.15, 0.2) is 22.5 Å². The van der Waals surface area contributed by atoms with Gasteiger partial charge in [-0.2, -0.15) is 5.10 Å². The van der Waals surface area contributed by atoms with E-state index in [1.165, 1.54) is 25.1 Å². The number of pyridine rings is 1. The van der Waals surface area contributed by atoms with Gasteiger partial charge in [-0.3, -0.25) is 14.3 Å². The molecule has 0 saturated heterocycles. The summed E-state index contributed by atoms with van der Waals surface area (Å²) in [7, 11) is 1.46. The molecule has 0 atom stereocenters. The summed E-state index contributed by atoms with van der Waals surface area (Å²) in [6.45, 7) is 0. The number of halogens is 1. The fourth-order valence-corrected chi connectivity index (χ4v) is 4.03. The van der Waals surface area contributed by atoms with Gasteiger partial charge in [0.25, 0.3) is 5.91 Å². The Hall–Kier alpha value is -3.70. The second-order valence-electron chi connectivity index (χ2n) is 6.83. The van der Waals surface area contributed by atoms with Crippen molar-refractivity contribution in [1.82, 2.24) is 25.2 Å². The fourth-order valence-electron chi connectivity index (χ4n) is 3.02. The number of thioether (sulfide) groups is 1. The molecule has 0 aliphatic carbocycles. The molecule has 2 heterocycles. The van der Waals surface area contributed by atoms with Gasteiger partial charge in [-0.1, -0.05) is 33.8 Å². The number of aromatic hydroxyl groups is 1. The first-order chi connectivity index (χ1) is 16.6. The molecular weight excluding hydrogens is 520 g/mol. The maximum absolute atomic E-state index is 12.4. The molecule has 4 aromatic rings. The molecule has 9 nitrogen and oxygen atoms in total. The average Bonchev–Trinajstić information content (AvgIpc) is 3.29. The highest BCUT2D eigenvalue weighted by molar-refractivity contribution is 9.10. The van der Waals surface area contributed by atoms with Gasteiger partial charge in [-0.05, 0) is 48.5 Å². The smallest absolute Gasteiger partial charge is 0.250 e. The number of para-hydroxylation sites is 1. The number of nitrogens with one attached hydrogen (secondary N) is 1. The molecule has 0 saturated carbocycles. The third-order valence-electron chi connectivity index (χ3n) is 4.63. The number of hydrogen-bond donors (Lipinski definition) is 2. The predicted molar refractivity (Wildman–Crippen MR) is 133 cm³/mol. The standard InChI is InChI=1S/C23H19BrN6O3S/c1-33-19-4-2-3-16(21(19)32)13-26-27-20(31)14-34-23-29-28-22(15-9-11-25-12-10-15)30(23)18-7-5-17(24)6-8-18/h2-13,32H,14H2,1H3,(H,27,31). The summed E-state index contributed by atoms with van der Waals surface area (Å²) >= 11 is 4.68. The number of aromatic nitrogens is 4. The third kappa shape index (κ3) is 5.43. The minimum absolute atomic E-state index is 0.0522. The highest BCUT2D eigenvalue weighted by Gasteiger charge is 2.17. The monoisotopic (exact) mass is 538 g/mol. The summed E-state index contributed by atoms with van der Waals surface area (Å²) in [5.74, 6) is 0.636. The van der Waals surface area contributed by atoms with Gasteiger partial charge in [0.05, 0.1) is 19.1 Å². The van der Waals surface area contributed by atoms with Crippen LogP contribution in [0.4, 0.5) is 0 Å². The molecule has 0 aliphatic heterocycles. The molecule has 2 aromatic heterocycles. The highest BCUT2D eigenvalue weighted by Crippen LogP contribution is 2.29. The Labute approximate surface area is 208 Å². The number of benzene rings is 2. The van der Waals surface area contributed by atoms with E-state index in [9.17, 15) is 9.90 Å². The third-order valence-corrected chi connectivity index (χ3v) is 6.09. The maximum Gasteiger partial charge on any atom is 0.250 e. The summed E-state index contributed by atoms with van der Waals surface area (Å²) in [5, 5.41) is 23.2. The Bertz CT molecular complexity index is 1310. The number of hydrogen-bond acceptors (Lipinski definition) is 8. The van der Waals surface area contributed by atoms with Crippen molar-refractivity contribution in [2.45, 2.75) is 5.16 Å². The molecule has 0 bridgehead atoms. The molecule has 34 heavy (non-hydrogen) atoms. The molecule has 0 spiro atoms. The molecule has 0 aliphatic rings. The van der Waals surface area contributed by atoms with Crippen LogP contribution in [0.1, 0.15) is 5.56 Å². The minimum atomic E-state index is -0.334. The van der Waals surface area contributed by atoms with Gasteiger partial charge in [-0.15, -0.1) is 10.2 Å². The van der Waals surface area contributed by atoms with Crippen LogP contribution in [0.3, 0.4) is 0 Å². The van der Waals surface area contributed by atoms with E-state index in [0.29, 0.717) is 22.3 Å². The number of ether oxygens (including phenoxy) is 1. The lowest BCUT2D eigenvalue weighted by Crippen LogP contribution is -2.20. The van der Waals surface area contributed by atoms with E-state index in [1.807, 2.05) is 41.0 Å². The van der Waals surface area contributed by atoms with Crippen molar-refractivity contribution >= 4 is 39.8 Å². The van der Waals surface area contributed by atoms with Crippen molar-refractivity contribution < 1.29 is 14.6 Å². The van der Waals surface area contributed by atoms with Gasteiger partial charge in [0.2, 0.25) is 0 Å². The Morgan fingerprint density at radius 1 is 1.18 bits per heavy atom. The highest BCUT2D eigenvalue weighted by atomic mass is 79.9. The summed E-state index contributed by atoms with van der Waals surface area (Å²) in [4.78, 5) is 16.4. The molecule has 2 N–H and O–H groups in total. The zero-order chi connectivity index (χ0) is 23.9. The van der Waals surface area contributed by atoms with Gasteiger partial charge in [0, 0.05) is 33.7 Å². The Morgan fingerprint density at radius 2 is 1.94 bits per heavy atom. The van der Waals surface area contributed by atoms with Crippen LogP contribution in [-0.2, 0) is 4.79 Å². The van der Waals surface area contributed by atoms with Crippen LogP contribution >= 0.6 is 27.7 Å². The molecule has 0 radical (unpaired) electrons. The zero-order valence-electron chi connectivity index (χ0n) is 17.9. The number of phenols is 1. The fraction of sp³-hybridized carbons (Fsp3) is 0.0870. The van der Waals surface area contributed by atoms with E-state index in [0.717, 1.165) is 15.7 Å². The molecule has 1 amide bonds. The molecule has 172 valence electrons. The number of hydrazone groups is 1. The number of phenolic OH excluding ortho intramolecular Hbond substituents is 1. The summed E-state index contributed by atoms with van der Waals surface area (Å²) in [5.41, 5.74) is 4.59. The van der Waals surface area contributed by atoms with Crippen molar-refractivity contribution in [3.63, 3.8) is 0 Å². The molecule has 0 fully saturated rings. The first-order valence-electron chi connectivity index (χ1n) is 9.99. The number of nitrogens with zero attached hydrogens (tertiary/aromatic N) is 5. The number of methoxy groups -OCH3 is 1. The quantitative estimate of drug-likeness (QED) is 0.197. The van der Waals surface area contributed by atoms with Gasteiger partial charge >= 0.3 is 0 Å². The van der Waals surface area contributed by atoms with Crippen LogP contribution in [0.15, 0.2) is 81.7 Å². The van der Waals surface area contributed by atoms with Gasteiger partial charge in [-0.25, -0.2) is 5.43 Å². The molecular formula is C23H19BrN6O3S. The van der Waals surface area contributed by atoms with E-state index in [1.54, 1.807) is 30.6 Å². The van der Waals surface area contributed by atoms with E-state index >= 15 is 0 Å². The van der Waals surface area contributed by atoms with Crippen LogP contribution in [0, 0.1) is 0 Å². The van der Waals surface area contributed by atoms with E-state index in [2.05, 4.69) is 41.6 Å². The number of carbonyl (C=O) groups excluding carboxylic acids is 1. The minimum Gasteiger partial charge on any atom is -0.504 e. The lowest BCUT2D eigenvalue weighted by molar-refractivity contribution is -0.118. The predicted octanol–water partition coefficient (Wildman–Crippen LogP) is 4.05. The SMILES string of the molecule is COc1cccc(C=NNC(=O)CSc2nnc(-c3ccncc3)n2-c2ccc(Br)cc2)c1O. The first-order valence-corrected chi connectivity index (χ1v) is 11.8. The summed E-state index contributed by atoms with van der Waals surface area (Å²) in [6.07, 6.45) is 4.73. The normalized spacial score (nSPS) is 11.0. The van der Waals surface area contributed by atoms with Crippen molar-refractivity contribution in [2.24, 2.45) is 5.10 Å². The lowest BCUT2D eigenvalue weighted by Gasteiger charge is -2.10. The molecule has 4 rings (SSSR count). The lowest BCUT2D eigenvalue weighted by atomic mass is 10.2. The molecule has 0 unspecified atom stereocenters. The second kappa shape index (κ2) is 10.9. The van der Waals surface area contributed by atoms with E-state index in [-0.39, 0.29) is 17.4 Å². The maximum atomic E-state index is 12.4. The topological polar surface area (TPSA) is 115 Å². The Kier molecular flexibility index (Phi) is 7.55.